The molecule has 0 spiro atoms. The van der Waals surface area contributed by atoms with E-state index in [2.05, 4.69) is 24.0 Å². The number of nitrogens with zero attached hydrogens (tertiary/aromatic N) is 4. The van der Waals surface area contributed by atoms with Crippen LogP contribution < -0.4 is 4.90 Å². The van der Waals surface area contributed by atoms with Crippen molar-refractivity contribution in [1.82, 2.24) is 14.9 Å². The third-order valence-electron chi connectivity index (χ3n) is 5.58. The maximum atomic E-state index is 14.1. The van der Waals surface area contributed by atoms with Crippen LogP contribution in [0.4, 0.5) is 5.13 Å². The number of rotatable bonds is 6. The number of benzene rings is 2. The summed E-state index contributed by atoms with van der Waals surface area (Å²) in [7, 11) is 4.03. The Bertz CT molecular complexity index is 1450. The number of likely N-dealkylation sites (N-methyl/N-ethyl adjacent to an activating group) is 1. The Kier molecular flexibility index (Phi) is 7.28. The lowest BCUT2D eigenvalue weighted by Gasteiger charge is -2.23. The van der Waals surface area contributed by atoms with E-state index in [0.717, 1.165) is 48.9 Å². The molecule has 5 aromatic rings. The van der Waals surface area contributed by atoms with Gasteiger partial charge < -0.3 is 4.90 Å². The van der Waals surface area contributed by atoms with Crippen LogP contribution in [0.2, 0.25) is 0 Å². The SMILES string of the molecule is Cc1cccc2sc(N(CCN(C)C)C(=O)c3cc(-c4cccs4)nc4ccccc34)nc12.Cl. The van der Waals surface area contributed by atoms with Crippen LogP contribution in [0.1, 0.15) is 15.9 Å². The molecule has 1 amide bonds. The summed E-state index contributed by atoms with van der Waals surface area (Å²) in [5.41, 5.74) is 4.36. The molecular weight excluding hydrogens is 484 g/mol. The molecule has 3 heterocycles. The van der Waals surface area contributed by atoms with Gasteiger partial charge in [-0.2, -0.15) is 0 Å². The van der Waals surface area contributed by atoms with Crippen LogP contribution >= 0.6 is 35.1 Å². The zero-order valence-electron chi connectivity index (χ0n) is 19.2. The average Bonchev–Trinajstić information content (AvgIpc) is 3.49. The van der Waals surface area contributed by atoms with Crippen molar-refractivity contribution in [3.05, 3.63) is 77.2 Å². The first-order valence-electron chi connectivity index (χ1n) is 10.8. The van der Waals surface area contributed by atoms with Crippen molar-refractivity contribution < 1.29 is 4.79 Å². The Morgan fingerprint density at radius 3 is 2.53 bits per heavy atom. The van der Waals surface area contributed by atoms with Crippen molar-refractivity contribution in [2.75, 3.05) is 32.1 Å². The Morgan fingerprint density at radius 2 is 1.79 bits per heavy atom. The second-order valence-corrected chi connectivity index (χ2v) is 10.2. The summed E-state index contributed by atoms with van der Waals surface area (Å²) >= 11 is 3.19. The molecule has 0 fully saturated rings. The maximum Gasteiger partial charge on any atom is 0.260 e. The number of thiophene rings is 1. The lowest BCUT2D eigenvalue weighted by Crippen LogP contribution is -2.37. The number of carbonyl (C=O) groups excluding carboxylic acids is 1. The Morgan fingerprint density at radius 1 is 0.971 bits per heavy atom. The molecule has 0 atom stereocenters. The number of pyridine rings is 1. The van der Waals surface area contributed by atoms with Crippen molar-refractivity contribution in [1.29, 1.82) is 0 Å². The van der Waals surface area contributed by atoms with E-state index in [1.807, 2.05) is 72.9 Å². The summed E-state index contributed by atoms with van der Waals surface area (Å²) in [6.07, 6.45) is 0. The van der Waals surface area contributed by atoms with E-state index in [1.165, 1.54) is 0 Å². The van der Waals surface area contributed by atoms with Gasteiger partial charge in [0.2, 0.25) is 0 Å². The molecule has 0 aliphatic rings. The molecule has 8 heteroatoms. The summed E-state index contributed by atoms with van der Waals surface area (Å²) in [5, 5.41) is 3.61. The van der Waals surface area contributed by atoms with E-state index in [9.17, 15) is 4.79 Å². The number of thiazole rings is 1. The van der Waals surface area contributed by atoms with Crippen molar-refractivity contribution in [3.63, 3.8) is 0 Å². The molecule has 3 aromatic heterocycles. The minimum Gasteiger partial charge on any atom is -0.308 e. The van der Waals surface area contributed by atoms with Crippen molar-refractivity contribution in [2.24, 2.45) is 0 Å². The van der Waals surface area contributed by atoms with E-state index in [-0.39, 0.29) is 18.3 Å². The number of aromatic nitrogens is 2. The van der Waals surface area contributed by atoms with Gasteiger partial charge in [0.05, 0.1) is 31.9 Å². The largest absolute Gasteiger partial charge is 0.308 e. The Hall–Kier alpha value is -2.84. The quantitative estimate of drug-likeness (QED) is 0.262. The lowest BCUT2D eigenvalue weighted by atomic mass is 10.1. The minimum atomic E-state index is -0.0510. The van der Waals surface area contributed by atoms with Gasteiger partial charge in [-0.15, -0.1) is 23.7 Å². The predicted octanol–water partition coefficient (Wildman–Crippen LogP) is 6.51. The zero-order valence-corrected chi connectivity index (χ0v) is 21.6. The first-order chi connectivity index (χ1) is 16.0. The van der Waals surface area contributed by atoms with Gasteiger partial charge in [0, 0.05) is 18.5 Å². The monoisotopic (exact) mass is 508 g/mol. The topological polar surface area (TPSA) is 49.3 Å². The van der Waals surface area contributed by atoms with Crippen molar-refractivity contribution in [3.8, 4) is 10.6 Å². The van der Waals surface area contributed by atoms with E-state index in [0.29, 0.717) is 12.1 Å². The number of hydrogen-bond donors (Lipinski definition) is 0. The fraction of sp³-hybridized carbons (Fsp3) is 0.192. The number of para-hydroxylation sites is 2. The highest BCUT2D eigenvalue weighted by Crippen LogP contribution is 2.33. The standard InChI is InChI=1S/C26H24N4OS2.ClH/c1-17-8-6-11-23-24(17)28-26(33-23)30(14-13-29(2)3)25(31)19-16-21(22-12-7-15-32-22)27-20-10-5-4-9-18(19)20;/h4-12,15-16H,13-14H2,1-3H3;1H. The molecule has 34 heavy (non-hydrogen) atoms. The predicted molar refractivity (Wildman–Crippen MR) is 147 cm³/mol. The van der Waals surface area contributed by atoms with E-state index in [4.69, 9.17) is 9.97 Å². The maximum absolute atomic E-state index is 14.1. The number of halogens is 1. The van der Waals surface area contributed by atoms with E-state index in [1.54, 1.807) is 22.7 Å². The number of hydrogen-bond acceptors (Lipinski definition) is 6. The molecule has 0 radical (unpaired) electrons. The first kappa shape index (κ1) is 24.3. The van der Waals surface area contributed by atoms with E-state index >= 15 is 0 Å². The van der Waals surface area contributed by atoms with Crippen LogP contribution in [0.3, 0.4) is 0 Å². The number of carbonyl (C=O) groups is 1. The van der Waals surface area contributed by atoms with E-state index < -0.39 is 0 Å². The molecule has 0 saturated heterocycles. The van der Waals surface area contributed by atoms with Crippen LogP contribution in [0.25, 0.3) is 31.7 Å². The highest BCUT2D eigenvalue weighted by atomic mass is 35.5. The Balaban J connectivity index is 0.00000274. The molecule has 0 unspecified atom stereocenters. The highest BCUT2D eigenvalue weighted by molar-refractivity contribution is 7.22. The third kappa shape index (κ3) is 4.70. The zero-order chi connectivity index (χ0) is 22.9. The van der Waals surface area contributed by atoms with Crippen LogP contribution in [0, 0.1) is 6.92 Å². The van der Waals surface area contributed by atoms with Crippen LogP contribution in [0.15, 0.2) is 66.0 Å². The summed E-state index contributed by atoms with van der Waals surface area (Å²) in [6, 6.07) is 20.0. The van der Waals surface area contributed by atoms with Gasteiger partial charge in [-0.1, -0.05) is 47.7 Å². The van der Waals surface area contributed by atoms with Crippen molar-refractivity contribution in [2.45, 2.75) is 6.92 Å². The van der Waals surface area contributed by atoms with Crippen LogP contribution in [-0.2, 0) is 0 Å². The van der Waals surface area contributed by atoms with Crippen LogP contribution in [-0.4, -0.2) is 48.0 Å². The highest BCUT2D eigenvalue weighted by Gasteiger charge is 2.24. The van der Waals surface area contributed by atoms with Gasteiger partial charge >= 0.3 is 0 Å². The molecule has 0 aliphatic heterocycles. The summed E-state index contributed by atoms with van der Waals surface area (Å²) < 4.78 is 1.09. The first-order valence-corrected chi connectivity index (χ1v) is 12.5. The summed E-state index contributed by atoms with van der Waals surface area (Å²) in [5.74, 6) is -0.0510. The summed E-state index contributed by atoms with van der Waals surface area (Å²) in [6.45, 7) is 3.35. The molecule has 0 aliphatic carbocycles. The number of aryl methyl sites for hydroxylation is 1. The van der Waals surface area contributed by atoms with Gasteiger partial charge in [0.1, 0.15) is 0 Å². The van der Waals surface area contributed by atoms with Gasteiger partial charge in [-0.05, 0) is 56.2 Å². The molecule has 0 bridgehead atoms. The molecular formula is C26H25ClN4OS2. The molecule has 2 aromatic carbocycles. The molecule has 0 saturated carbocycles. The second kappa shape index (κ2) is 10.2. The minimum absolute atomic E-state index is 0. The van der Waals surface area contributed by atoms with Crippen molar-refractivity contribution >= 4 is 67.2 Å². The second-order valence-electron chi connectivity index (χ2n) is 8.23. The Labute approximate surface area is 213 Å². The smallest absolute Gasteiger partial charge is 0.260 e. The lowest BCUT2D eigenvalue weighted by molar-refractivity contribution is 0.0986. The molecule has 5 rings (SSSR count). The van der Waals surface area contributed by atoms with Gasteiger partial charge in [-0.3, -0.25) is 9.69 Å². The van der Waals surface area contributed by atoms with Gasteiger partial charge in [0.25, 0.3) is 5.91 Å². The fourth-order valence-corrected chi connectivity index (χ4v) is 5.58. The fourth-order valence-electron chi connectivity index (χ4n) is 3.82. The average molecular weight is 509 g/mol. The van der Waals surface area contributed by atoms with Gasteiger partial charge in [-0.25, -0.2) is 9.97 Å². The number of anilines is 1. The summed E-state index contributed by atoms with van der Waals surface area (Å²) in [4.78, 5) is 28.8. The normalized spacial score (nSPS) is 11.2. The molecule has 5 nitrogen and oxygen atoms in total. The van der Waals surface area contributed by atoms with Gasteiger partial charge in [0.15, 0.2) is 5.13 Å². The molecule has 0 N–H and O–H groups in total. The molecule has 174 valence electrons. The number of amides is 1. The number of fused-ring (bicyclic) bond motifs is 2. The third-order valence-corrected chi connectivity index (χ3v) is 7.51. The van der Waals surface area contributed by atoms with Crippen LogP contribution in [0.5, 0.6) is 0 Å².